The summed E-state index contributed by atoms with van der Waals surface area (Å²) in [7, 11) is -4.11. The average molecular weight is 272 g/mol. The van der Waals surface area contributed by atoms with E-state index in [2.05, 4.69) is 6.58 Å². The highest BCUT2D eigenvalue weighted by Crippen LogP contribution is 2.10. The zero-order valence-electron chi connectivity index (χ0n) is 9.91. The summed E-state index contributed by atoms with van der Waals surface area (Å²) >= 11 is 0. The molecule has 0 aliphatic heterocycles. The van der Waals surface area contributed by atoms with E-state index in [-0.39, 0.29) is 4.90 Å². The van der Waals surface area contributed by atoms with Gasteiger partial charge in [-0.25, -0.2) is 0 Å². The lowest BCUT2D eigenvalue weighted by Crippen LogP contribution is -2.05. The average Bonchev–Trinajstić information content (AvgIpc) is 2.33. The maximum atomic E-state index is 10.8. The van der Waals surface area contributed by atoms with E-state index < -0.39 is 10.1 Å². The van der Waals surface area contributed by atoms with Gasteiger partial charge >= 0.3 is 0 Å². The molecule has 0 atom stereocenters. The minimum Gasteiger partial charge on any atom is -0.499 e. The molecule has 0 saturated heterocycles. The smallest absolute Gasteiger partial charge is 0.294 e. The van der Waals surface area contributed by atoms with Crippen molar-refractivity contribution in [1.82, 2.24) is 0 Å². The van der Waals surface area contributed by atoms with Crippen molar-refractivity contribution in [3.63, 3.8) is 0 Å². The molecule has 0 saturated carbocycles. The van der Waals surface area contributed by atoms with Gasteiger partial charge < -0.3 is 9.47 Å². The van der Waals surface area contributed by atoms with Crippen LogP contribution >= 0.6 is 0 Å². The lowest BCUT2D eigenvalue weighted by atomic mass is 10.2. The number of benzene rings is 1. The van der Waals surface area contributed by atoms with E-state index in [1.54, 1.807) is 12.1 Å². The van der Waals surface area contributed by atoms with Crippen LogP contribution in [0.2, 0.25) is 0 Å². The third-order valence-corrected chi connectivity index (χ3v) is 3.09. The fraction of sp³-hybridized carbons (Fsp3) is 0.333. The zero-order valence-corrected chi connectivity index (χ0v) is 10.7. The maximum absolute atomic E-state index is 10.8. The van der Waals surface area contributed by atoms with Crippen LogP contribution < -0.4 is 0 Å². The highest BCUT2D eigenvalue weighted by molar-refractivity contribution is 7.85. The van der Waals surface area contributed by atoms with Crippen molar-refractivity contribution >= 4 is 10.1 Å². The molecular formula is C12H16O5S. The Morgan fingerprint density at radius 1 is 1.17 bits per heavy atom. The standard InChI is InChI=1S/C12H16O5S/c1-2-16-9-10-17-8-7-11-3-5-12(6-4-11)18(13,14)15/h2-6H,1,7-10H2,(H,13,14,15). The zero-order chi connectivity index (χ0) is 13.4. The van der Waals surface area contributed by atoms with Crippen molar-refractivity contribution in [2.45, 2.75) is 11.3 Å². The van der Waals surface area contributed by atoms with Gasteiger partial charge in [-0.1, -0.05) is 18.7 Å². The van der Waals surface area contributed by atoms with Gasteiger partial charge in [0.15, 0.2) is 0 Å². The van der Waals surface area contributed by atoms with Gasteiger partial charge in [-0.15, -0.1) is 0 Å². The van der Waals surface area contributed by atoms with E-state index in [9.17, 15) is 8.42 Å². The third-order valence-electron chi connectivity index (χ3n) is 2.22. The second-order valence-electron chi connectivity index (χ2n) is 3.52. The summed E-state index contributed by atoms with van der Waals surface area (Å²) in [4.78, 5) is -0.105. The molecule has 1 rings (SSSR count). The molecule has 0 spiro atoms. The molecule has 6 heteroatoms. The van der Waals surface area contributed by atoms with Gasteiger partial charge in [0.05, 0.1) is 24.4 Å². The molecule has 18 heavy (non-hydrogen) atoms. The summed E-state index contributed by atoms with van der Waals surface area (Å²) in [5, 5.41) is 0. The lowest BCUT2D eigenvalue weighted by Gasteiger charge is -2.05. The summed E-state index contributed by atoms with van der Waals surface area (Å²) in [5.41, 5.74) is 0.937. The van der Waals surface area contributed by atoms with E-state index in [1.165, 1.54) is 18.4 Å². The summed E-state index contributed by atoms with van der Waals surface area (Å²) in [5.74, 6) is 0. The van der Waals surface area contributed by atoms with E-state index in [0.29, 0.717) is 26.2 Å². The Hall–Kier alpha value is -1.37. The predicted octanol–water partition coefficient (Wildman–Crippen LogP) is 1.65. The van der Waals surface area contributed by atoms with Crippen molar-refractivity contribution in [2.75, 3.05) is 19.8 Å². The molecule has 0 aliphatic rings. The summed E-state index contributed by atoms with van der Waals surface area (Å²) < 4.78 is 40.6. The van der Waals surface area contributed by atoms with Crippen molar-refractivity contribution in [2.24, 2.45) is 0 Å². The molecule has 5 nitrogen and oxygen atoms in total. The summed E-state index contributed by atoms with van der Waals surface area (Å²) in [6.07, 6.45) is 2.03. The Kier molecular flexibility index (Phi) is 5.84. The van der Waals surface area contributed by atoms with Gasteiger partial charge in [0.25, 0.3) is 10.1 Å². The van der Waals surface area contributed by atoms with Crippen LogP contribution in [0.15, 0.2) is 42.0 Å². The Morgan fingerprint density at radius 2 is 1.83 bits per heavy atom. The SMILES string of the molecule is C=COCCOCCc1ccc(S(=O)(=O)O)cc1. The van der Waals surface area contributed by atoms with Crippen LogP contribution in [0, 0.1) is 0 Å². The first-order valence-electron chi connectivity index (χ1n) is 5.40. The van der Waals surface area contributed by atoms with Crippen molar-refractivity contribution in [1.29, 1.82) is 0 Å². The lowest BCUT2D eigenvalue weighted by molar-refractivity contribution is 0.0870. The molecule has 0 unspecified atom stereocenters. The highest BCUT2D eigenvalue weighted by Gasteiger charge is 2.08. The van der Waals surface area contributed by atoms with Crippen LogP contribution in [-0.2, 0) is 26.0 Å². The minimum absolute atomic E-state index is 0.105. The highest BCUT2D eigenvalue weighted by atomic mass is 32.2. The van der Waals surface area contributed by atoms with E-state index >= 15 is 0 Å². The monoisotopic (exact) mass is 272 g/mol. The third kappa shape index (κ3) is 5.31. The van der Waals surface area contributed by atoms with Crippen molar-refractivity contribution < 1.29 is 22.4 Å². The first kappa shape index (κ1) is 14.7. The van der Waals surface area contributed by atoms with E-state index in [4.69, 9.17) is 14.0 Å². The molecule has 0 aliphatic carbocycles. The molecule has 0 heterocycles. The first-order valence-corrected chi connectivity index (χ1v) is 6.84. The van der Waals surface area contributed by atoms with Crippen LogP contribution in [0.4, 0.5) is 0 Å². The number of hydrogen-bond donors (Lipinski definition) is 1. The van der Waals surface area contributed by atoms with Gasteiger partial charge in [0.2, 0.25) is 0 Å². The molecule has 0 aromatic heterocycles. The summed E-state index contributed by atoms with van der Waals surface area (Å²) in [6.45, 7) is 4.87. The van der Waals surface area contributed by atoms with Gasteiger partial charge in [-0.3, -0.25) is 4.55 Å². The van der Waals surface area contributed by atoms with Crippen molar-refractivity contribution in [3.8, 4) is 0 Å². The van der Waals surface area contributed by atoms with Gasteiger partial charge in [-0.05, 0) is 24.1 Å². The molecule has 1 aromatic rings. The summed E-state index contributed by atoms with van der Waals surface area (Å²) in [6, 6.07) is 6.02. The first-order chi connectivity index (χ1) is 8.54. The predicted molar refractivity (Wildman–Crippen MR) is 66.9 cm³/mol. The number of hydrogen-bond acceptors (Lipinski definition) is 4. The van der Waals surface area contributed by atoms with E-state index in [0.717, 1.165) is 5.56 Å². The Bertz CT molecular complexity index is 464. The molecule has 0 amide bonds. The van der Waals surface area contributed by atoms with Crippen LogP contribution in [0.25, 0.3) is 0 Å². The van der Waals surface area contributed by atoms with Crippen LogP contribution in [0.3, 0.4) is 0 Å². The van der Waals surface area contributed by atoms with E-state index in [1.807, 2.05) is 0 Å². The Morgan fingerprint density at radius 3 is 2.39 bits per heavy atom. The molecule has 0 fully saturated rings. The van der Waals surface area contributed by atoms with Gasteiger partial charge in [0, 0.05) is 0 Å². The normalized spacial score (nSPS) is 11.2. The fourth-order valence-electron chi connectivity index (χ4n) is 1.31. The molecule has 0 radical (unpaired) electrons. The second kappa shape index (κ2) is 7.15. The van der Waals surface area contributed by atoms with Crippen LogP contribution in [-0.4, -0.2) is 32.8 Å². The molecule has 1 N–H and O–H groups in total. The van der Waals surface area contributed by atoms with Gasteiger partial charge in [0.1, 0.15) is 6.61 Å². The van der Waals surface area contributed by atoms with Gasteiger partial charge in [-0.2, -0.15) is 8.42 Å². The fourth-order valence-corrected chi connectivity index (χ4v) is 1.79. The quantitative estimate of drug-likeness (QED) is 0.442. The van der Waals surface area contributed by atoms with Crippen LogP contribution in [0.5, 0.6) is 0 Å². The molecule has 100 valence electrons. The Balaban J connectivity index is 2.34. The largest absolute Gasteiger partial charge is 0.499 e. The topological polar surface area (TPSA) is 72.8 Å². The Labute approximate surface area is 107 Å². The number of ether oxygens (including phenoxy) is 2. The second-order valence-corrected chi connectivity index (χ2v) is 4.94. The van der Waals surface area contributed by atoms with Crippen molar-refractivity contribution in [3.05, 3.63) is 42.7 Å². The maximum Gasteiger partial charge on any atom is 0.294 e. The molecule has 0 bridgehead atoms. The molecule has 1 aromatic carbocycles. The van der Waals surface area contributed by atoms with Crippen LogP contribution in [0.1, 0.15) is 5.56 Å². The molecular weight excluding hydrogens is 256 g/mol. The number of rotatable bonds is 8. The minimum atomic E-state index is -4.11.